The number of hydrogen-bond acceptors (Lipinski definition) is 5. The quantitative estimate of drug-likeness (QED) is 0.568. The third-order valence-corrected chi connectivity index (χ3v) is 5.56. The highest BCUT2D eigenvalue weighted by Crippen LogP contribution is 2.34. The van der Waals surface area contributed by atoms with Crippen LogP contribution in [0.5, 0.6) is 0 Å². The monoisotopic (exact) mass is 367 g/mol. The predicted octanol–water partition coefficient (Wildman–Crippen LogP) is 4.92. The van der Waals surface area contributed by atoms with E-state index in [9.17, 15) is 4.79 Å². The van der Waals surface area contributed by atoms with Gasteiger partial charge in [0.05, 0.1) is 4.91 Å². The minimum atomic E-state index is -0.0988. The van der Waals surface area contributed by atoms with E-state index in [0.29, 0.717) is 20.0 Å². The summed E-state index contributed by atoms with van der Waals surface area (Å²) in [6.07, 6.45) is 1.72. The van der Waals surface area contributed by atoms with E-state index < -0.39 is 0 Å². The summed E-state index contributed by atoms with van der Waals surface area (Å²) >= 11 is 13.7. The van der Waals surface area contributed by atoms with Gasteiger partial charge in [0.25, 0.3) is 5.91 Å². The van der Waals surface area contributed by atoms with Crippen LogP contribution in [0.3, 0.4) is 0 Å². The van der Waals surface area contributed by atoms with Gasteiger partial charge < -0.3 is 4.42 Å². The summed E-state index contributed by atoms with van der Waals surface area (Å²) < 4.78 is 6.28. The molecule has 0 saturated carbocycles. The van der Waals surface area contributed by atoms with Crippen LogP contribution in [-0.2, 0) is 4.79 Å². The molecule has 0 atom stereocenters. The van der Waals surface area contributed by atoms with Gasteiger partial charge >= 0.3 is 0 Å². The van der Waals surface area contributed by atoms with Crippen molar-refractivity contribution in [3.05, 3.63) is 52.1 Å². The molecule has 3 nitrogen and oxygen atoms in total. The zero-order valence-corrected chi connectivity index (χ0v) is 14.6. The second-order valence-corrected chi connectivity index (χ2v) is 7.64. The molecule has 22 heavy (non-hydrogen) atoms. The molecule has 1 fully saturated rings. The molecule has 1 aliphatic heterocycles. The number of thioether (sulfide) groups is 1. The van der Waals surface area contributed by atoms with E-state index in [1.165, 1.54) is 28.4 Å². The molecule has 1 amide bonds. The summed E-state index contributed by atoms with van der Waals surface area (Å²) in [4.78, 5) is 15.0. The highest BCUT2D eigenvalue weighted by Gasteiger charge is 2.28. The molecule has 0 radical (unpaired) electrons. The molecule has 0 unspecified atom stereocenters. The van der Waals surface area contributed by atoms with Crippen LogP contribution in [0.1, 0.15) is 5.76 Å². The number of furan rings is 1. The Kier molecular flexibility index (Phi) is 4.63. The Bertz CT molecular complexity index is 767. The molecular formula is C15H10ClNO2S3. The number of nitrogens with zero attached hydrogens (tertiary/aromatic N) is 1. The number of rotatable bonds is 3. The first-order chi connectivity index (χ1) is 10.5. The van der Waals surface area contributed by atoms with E-state index in [2.05, 4.69) is 0 Å². The molecule has 0 spiro atoms. The van der Waals surface area contributed by atoms with E-state index >= 15 is 0 Å². The topological polar surface area (TPSA) is 33.5 Å². The van der Waals surface area contributed by atoms with Crippen LogP contribution >= 0.6 is 47.3 Å². The fourth-order valence-electron chi connectivity index (χ4n) is 1.76. The van der Waals surface area contributed by atoms with Crippen LogP contribution in [0.15, 0.2) is 55.7 Å². The van der Waals surface area contributed by atoms with Crippen LogP contribution in [0.25, 0.3) is 6.08 Å². The number of thiocarbonyl (C=S) groups is 1. The lowest BCUT2D eigenvalue weighted by Gasteiger charge is -2.03. The van der Waals surface area contributed by atoms with Crippen molar-refractivity contribution in [2.75, 3.05) is 7.05 Å². The van der Waals surface area contributed by atoms with Gasteiger partial charge in [-0.25, -0.2) is 0 Å². The maximum absolute atomic E-state index is 11.9. The molecule has 112 valence electrons. The van der Waals surface area contributed by atoms with Crippen molar-refractivity contribution in [1.82, 2.24) is 4.90 Å². The van der Waals surface area contributed by atoms with Crippen molar-refractivity contribution < 1.29 is 9.21 Å². The average Bonchev–Trinajstić information content (AvgIpc) is 3.03. The van der Waals surface area contributed by atoms with Crippen LogP contribution in [-0.4, -0.2) is 22.2 Å². The summed E-state index contributed by atoms with van der Waals surface area (Å²) in [5.74, 6) is 0.531. The average molecular weight is 368 g/mol. The van der Waals surface area contributed by atoms with E-state index in [-0.39, 0.29) is 5.91 Å². The number of halogens is 1. The lowest BCUT2D eigenvalue weighted by atomic mass is 10.4. The lowest BCUT2D eigenvalue weighted by Crippen LogP contribution is -2.22. The smallest absolute Gasteiger partial charge is 0.266 e. The molecule has 1 aliphatic rings. The Labute approximate surface area is 146 Å². The number of benzene rings is 1. The van der Waals surface area contributed by atoms with Crippen molar-refractivity contribution >= 4 is 63.6 Å². The van der Waals surface area contributed by atoms with E-state index in [0.717, 1.165) is 9.99 Å². The first kappa shape index (κ1) is 15.7. The first-order valence-electron chi connectivity index (χ1n) is 6.28. The van der Waals surface area contributed by atoms with Crippen molar-refractivity contribution in [3.8, 4) is 0 Å². The van der Waals surface area contributed by atoms with Crippen molar-refractivity contribution in [3.63, 3.8) is 0 Å². The fourth-order valence-corrected chi connectivity index (χ4v) is 3.82. The molecule has 1 saturated heterocycles. The molecule has 0 aliphatic carbocycles. The second-order valence-electron chi connectivity index (χ2n) is 4.45. The van der Waals surface area contributed by atoms with Gasteiger partial charge in [-0.3, -0.25) is 9.69 Å². The van der Waals surface area contributed by atoms with Crippen LogP contribution < -0.4 is 0 Å². The Hall–Kier alpha value is -1.21. The van der Waals surface area contributed by atoms with Crippen LogP contribution in [0.4, 0.5) is 0 Å². The Morgan fingerprint density at radius 3 is 2.64 bits per heavy atom. The Balaban J connectivity index is 1.75. The minimum absolute atomic E-state index is 0.0988. The summed E-state index contributed by atoms with van der Waals surface area (Å²) in [6, 6.07) is 11.2. The summed E-state index contributed by atoms with van der Waals surface area (Å²) in [6.45, 7) is 0. The number of likely N-dealkylation sites (N-methyl/N-ethyl adjacent to an activating group) is 1. The molecule has 2 aromatic rings. The summed E-state index contributed by atoms with van der Waals surface area (Å²) in [5, 5.41) is 1.45. The zero-order chi connectivity index (χ0) is 15.7. The predicted molar refractivity (Wildman–Crippen MR) is 95.2 cm³/mol. The fraction of sp³-hybridized carbons (Fsp3) is 0.0667. The lowest BCUT2D eigenvalue weighted by molar-refractivity contribution is -0.121. The highest BCUT2D eigenvalue weighted by atomic mass is 35.5. The second kappa shape index (κ2) is 6.50. The Morgan fingerprint density at radius 1 is 1.27 bits per heavy atom. The van der Waals surface area contributed by atoms with Gasteiger partial charge in [0.15, 0.2) is 5.09 Å². The highest BCUT2D eigenvalue weighted by molar-refractivity contribution is 8.26. The number of carbonyl (C=O) groups is 1. The largest absolute Gasteiger partial charge is 0.450 e. The molecule has 1 aromatic carbocycles. The number of hydrogen-bond donors (Lipinski definition) is 0. The molecule has 0 N–H and O–H groups in total. The van der Waals surface area contributed by atoms with Gasteiger partial charge in [-0.1, -0.05) is 47.3 Å². The van der Waals surface area contributed by atoms with Gasteiger partial charge in [0.2, 0.25) is 0 Å². The van der Waals surface area contributed by atoms with Gasteiger partial charge in [-0.15, -0.1) is 0 Å². The van der Waals surface area contributed by atoms with E-state index in [4.69, 9.17) is 28.2 Å². The van der Waals surface area contributed by atoms with Gasteiger partial charge in [0, 0.05) is 23.0 Å². The summed E-state index contributed by atoms with van der Waals surface area (Å²) in [5.41, 5.74) is 0. The third kappa shape index (κ3) is 3.41. The molecule has 0 bridgehead atoms. The number of carbonyl (C=O) groups excluding carboxylic acids is 1. The molecule has 3 rings (SSSR count). The molecule has 1 aromatic heterocycles. The van der Waals surface area contributed by atoms with E-state index in [1.54, 1.807) is 13.1 Å². The van der Waals surface area contributed by atoms with Crippen molar-refractivity contribution in [2.24, 2.45) is 0 Å². The SMILES string of the molecule is CN1C(=O)/C(=C\c2ccc(Sc3ccc(Cl)cc3)o2)SC1=S. The van der Waals surface area contributed by atoms with Crippen molar-refractivity contribution in [1.29, 1.82) is 0 Å². The number of amides is 1. The maximum Gasteiger partial charge on any atom is 0.266 e. The molecule has 2 heterocycles. The zero-order valence-electron chi connectivity index (χ0n) is 11.4. The van der Waals surface area contributed by atoms with Gasteiger partial charge in [0.1, 0.15) is 10.1 Å². The third-order valence-electron chi connectivity index (χ3n) is 2.89. The minimum Gasteiger partial charge on any atom is -0.450 e. The van der Waals surface area contributed by atoms with Gasteiger partial charge in [-0.05, 0) is 36.4 Å². The van der Waals surface area contributed by atoms with Crippen LogP contribution in [0, 0.1) is 0 Å². The molecule has 7 heteroatoms. The normalized spacial score (nSPS) is 16.8. The van der Waals surface area contributed by atoms with Gasteiger partial charge in [-0.2, -0.15) is 0 Å². The van der Waals surface area contributed by atoms with Crippen molar-refractivity contribution in [2.45, 2.75) is 9.99 Å². The summed E-state index contributed by atoms with van der Waals surface area (Å²) in [7, 11) is 1.67. The van der Waals surface area contributed by atoms with E-state index in [1.807, 2.05) is 36.4 Å². The maximum atomic E-state index is 11.9. The Morgan fingerprint density at radius 2 is 2.00 bits per heavy atom. The molecular weight excluding hydrogens is 358 g/mol. The standard InChI is InChI=1S/C15H10ClNO2S3/c1-17-14(18)12(22-15(17)20)8-10-4-7-13(19-10)21-11-5-2-9(16)3-6-11/h2-8H,1H3/b12-8+. The van der Waals surface area contributed by atoms with Crippen LogP contribution in [0.2, 0.25) is 5.02 Å². The first-order valence-corrected chi connectivity index (χ1v) is 8.70.